The minimum Gasteiger partial charge on any atom is -0.444 e. The predicted octanol–water partition coefficient (Wildman–Crippen LogP) is 2.87. The van der Waals surface area contributed by atoms with Gasteiger partial charge < -0.3 is 19.4 Å². The highest BCUT2D eigenvalue weighted by molar-refractivity contribution is 7.17. The quantitative estimate of drug-likeness (QED) is 0.729. The summed E-state index contributed by atoms with van der Waals surface area (Å²) in [6, 6.07) is 9.67. The molecule has 0 aliphatic carbocycles. The van der Waals surface area contributed by atoms with Gasteiger partial charge in [-0.05, 0) is 19.1 Å². The fraction of sp³-hybridized carbons (Fsp3) is 0.316. The molecular weight excluding hydrogens is 364 g/mol. The minimum atomic E-state index is -0.145. The summed E-state index contributed by atoms with van der Waals surface area (Å²) in [7, 11) is 0. The molecule has 0 spiro atoms. The summed E-state index contributed by atoms with van der Waals surface area (Å²) in [6.45, 7) is 5.15. The summed E-state index contributed by atoms with van der Waals surface area (Å²) in [6.07, 6.45) is 1.57. The van der Waals surface area contributed by atoms with Crippen molar-refractivity contribution in [1.29, 1.82) is 0 Å². The number of rotatable bonds is 5. The number of oxazole rings is 1. The monoisotopic (exact) mass is 384 g/mol. The third kappa shape index (κ3) is 4.01. The standard InChI is InChI=1S/C19H20N4O3S/c1-13-16(27-19(21-13)23-7-9-25-10-8-23)17(24)20-11-15-12-26-18(22-15)14-5-3-2-4-6-14/h2-6,12H,7-11H2,1H3,(H,20,24). The van der Waals surface area contributed by atoms with E-state index in [4.69, 9.17) is 9.15 Å². The Kier molecular flexibility index (Phi) is 5.17. The second-order valence-corrected chi connectivity index (χ2v) is 7.18. The van der Waals surface area contributed by atoms with E-state index in [0.717, 1.165) is 29.5 Å². The molecule has 8 heteroatoms. The van der Waals surface area contributed by atoms with Gasteiger partial charge in [-0.25, -0.2) is 9.97 Å². The normalized spacial score (nSPS) is 14.3. The van der Waals surface area contributed by atoms with Crippen molar-refractivity contribution in [1.82, 2.24) is 15.3 Å². The topological polar surface area (TPSA) is 80.5 Å². The van der Waals surface area contributed by atoms with Crippen LogP contribution in [-0.4, -0.2) is 42.2 Å². The molecule has 140 valence electrons. The highest BCUT2D eigenvalue weighted by Gasteiger charge is 2.20. The fourth-order valence-electron chi connectivity index (χ4n) is 2.84. The Morgan fingerprint density at radius 3 is 2.78 bits per heavy atom. The Morgan fingerprint density at radius 2 is 2.00 bits per heavy atom. The number of hydrogen-bond donors (Lipinski definition) is 1. The van der Waals surface area contributed by atoms with Gasteiger partial charge in [0.05, 0.1) is 31.1 Å². The number of morpholine rings is 1. The molecule has 0 radical (unpaired) electrons. The second-order valence-electron chi connectivity index (χ2n) is 6.20. The van der Waals surface area contributed by atoms with Crippen LogP contribution in [0, 0.1) is 6.92 Å². The number of hydrogen-bond acceptors (Lipinski definition) is 7. The fourth-order valence-corrected chi connectivity index (χ4v) is 3.87. The van der Waals surface area contributed by atoms with Gasteiger partial charge in [-0.3, -0.25) is 4.79 Å². The molecule has 27 heavy (non-hydrogen) atoms. The molecule has 1 aliphatic heterocycles. The molecule has 7 nitrogen and oxygen atoms in total. The first-order valence-electron chi connectivity index (χ1n) is 8.79. The first-order valence-corrected chi connectivity index (χ1v) is 9.60. The first kappa shape index (κ1) is 17.7. The molecule has 1 aliphatic rings. The van der Waals surface area contributed by atoms with Crippen LogP contribution in [0.25, 0.3) is 11.5 Å². The number of amides is 1. The Morgan fingerprint density at radius 1 is 1.22 bits per heavy atom. The lowest BCUT2D eigenvalue weighted by atomic mass is 10.2. The Balaban J connectivity index is 1.40. The zero-order chi connectivity index (χ0) is 18.6. The number of benzene rings is 1. The maximum absolute atomic E-state index is 12.6. The van der Waals surface area contributed by atoms with Crippen LogP contribution in [0.4, 0.5) is 5.13 Å². The molecule has 1 N–H and O–H groups in total. The molecule has 1 fully saturated rings. The number of aromatic nitrogens is 2. The van der Waals surface area contributed by atoms with Gasteiger partial charge in [-0.1, -0.05) is 29.5 Å². The molecule has 0 unspecified atom stereocenters. The Bertz CT molecular complexity index is 916. The molecule has 1 aromatic carbocycles. The van der Waals surface area contributed by atoms with Crippen molar-refractivity contribution in [3.63, 3.8) is 0 Å². The van der Waals surface area contributed by atoms with Crippen molar-refractivity contribution < 1.29 is 13.9 Å². The highest BCUT2D eigenvalue weighted by atomic mass is 32.1. The smallest absolute Gasteiger partial charge is 0.263 e. The number of carbonyl (C=O) groups excluding carboxylic acids is 1. The van der Waals surface area contributed by atoms with E-state index < -0.39 is 0 Å². The lowest BCUT2D eigenvalue weighted by Crippen LogP contribution is -2.36. The number of carbonyl (C=O) groups is 1. The molecule has 2 aromatic heterocycles. The SMILES string of the molecule is Cc1nc(N2CCOCC2)sc1C(=O)NCc1coc(-c2ccccc2)n1. The van der Waals surface area contributed by atoms with E-state index in [0.29, 0.717) is 36.2 Å². The lowest BCUT2D eigenvalue weighted by Gasteiger charge is -2.25. The van der Waals surface area contributed by atoms with Crippen LogP contribution in [0.5, 0.6) is 0 Å². The maximum Gasteiger partial charge on any atom is 0.263 e. The molecule has 4 rings (SSSR count). The highest BCUT2D eigenvalue weighted by Crippen LogP contribution is 2.26. The van der Waals surface area contributed by atoms with E-state index in [1.54, 1.807) is 6.26 Å². The van der Waals surface area contributed by atoms with Crippen molar-refractivity contribution in [3.8, 4) is 11.5 Å². The summed E-state index contributed by atoms with van der Waals surface area (Å²) in [5.41, 5.74) is 2.32. The molecule has 0 bridgehead atoms. The molecule has 0 saturated carbocycles. The van der Waals surface area contributed by atoms with E-state index in [-0.39, 0.29) is 5.91 Å². The van der Waals surface area contributed by atoms with Gasteiger partial charge in [0.1, 0.15) is 11.1 Å². The molecule has 3 aromatic rings. The van der Waals surface area contributed by atoms with E-state index in [1.807, 2.05) is 37.3 Å². The summed E-state index contributed by atoms with van der Waals surface area (Å²) in [4.78, 5) is 24.3. The van der Waals surface area contributed by atoms with Gasteiger partial charge in [0.2, 0.25) is 5.89 Å². The van der Waals surface area contributed by atoms with E-state index in [9.17, 15) is 4.79 Å². The Labute approximate surface area is 161 Å². The largest absolute Gasteiger partial charge is 0.444 e. The third-order valence-electron chi connectivity index (χ3n) is 4.28. The average Bonchev–Trinajstić information content (AvgIpc) is 3.34. The number of thiazole rings is 1. The van der Waals surface area contributed by atoms with Crippen molar-refractivity contribution >= 4 is 22.4 Å². The molecule has 3 heterocycles. The average molecular weight is 384 g/mol. The molecule has 0 atom stereocenters. The number of nitrogens with one attached hydrogen (secondary N) is 1. The minimum absolute atomic E-state index is 0.145. The third-order valence-corrected chi connectivity index (χ3v) is 5.49. The lowest BCUT2D eigenvalue weighted by molar-refractivity contribution is 0.0953. The summed E-state index contributed by atoms with van der Waals surface area (Å²) < 4.78 is 10.9. The van der Waals surface area contributed by atoms with Crippen molar-refractivity contribution in [2.45, 2.75) is 13.5 Å². The second kappa shape index (κ2) is 7.89. The van der Waals surface area contributed by atoms with Gasteiger partial charge >= 0.3 is 0 Å². The van der Waals surface area contributed by atoms with Crippen molar-refractivity contribution in [2.24, 2.45) is 0 Å². The van der Waals surface area contributed by atoms with Crippen molar-refractivity contribution in [3.05, 3.63) is 52.9 Å². The molecular formula is C19H20N4O3S. The Hall–Kier alpha value is -2.71. The van der Waals surface area contributed by atoms with E-state index in [2.05, 4.69) is 20.2 Å². The summed E-state index contributed by atoms with van der Waals surface area (Å²) >= 11 is 1.41. The van der Waals surface area contributed by atoms with Crippen LogP contribution in [0.15, 0.2) is 41.0 Å². The van der Waals surface area contributed by atoms with Crippen LogP contribution in [0.2, 0.25) is 0 Å². The van der Waals surface area contributed by atoms with Crippen molar-refractivity contribution in [2.75, 3.05) is 31.2 Å². The van der Waals surface area contributed by atoms with Gasteiger partial charge in [0, 0.05) is 18.7 Å². The number of anilines is 1. The molecule has 1 saturated heterocycles. The number of nitrogens with zero attached hydrogens (tertiary/aromatic N) is 3. The number of ether oxygens (including phenoxy) is 1. The van der Waals surface area contributed by atoms with Crippen LogP contribution in [-0.2, 0) is 11.3 Å². The van der Waals surface area contributed by atoms with Gasteiger partial charge in [-0.2, -0.15) is 0 Å². The maximum atomic E-state index is 12.6. The zero-order valence-electron chi connectivity index (χ0n) is 15.0. The van der Waals surface area contributed by atoms with E-state index >= 15 is 0 Å². The zero-order valence-corrected chi connectivity index (χ0v) is 15.8. The number of aryl methyl sites for hydroxylation is 1. The first-order chi connectivity index (χ1) is 13.2. The van der Waals surface area contributed by atoms with E-state index in [1.165, 1.54) is 11.3 Å². The molecule has 1 amide bonds. The van der Waals surface area contributed by atoms with Gasteiger partial charge in [0.15, 0.2) is 5.13 Å². The van der Waals surface area contributed by atoms with Crippen LogP contribution < -0.4 is 10.2 Å². The van der Waals surface area contributed by atoms with Gasteiger partial charge in [-0.15, -0.1) is 0 Å². The van der Waals surface area contributed by atoms with Crippen LogP contribution >= 0.6 is 11.3 Å². The van der Waals surface area contributed by atoms with Crippen LogP contribution in [0.3, 0.4) is 0 Å². The van der Waals surface area contributed by atoms with Gasteiger partial charge in [0.25, 0.3) is 5.91 Å². The summed E-state index contributed by atoms with van der Waals surface area (Å²) in [5.74, 6) is 0.400. The van der Waals surface area contributed by atoms with Crippen LogP contribution in [0.1, 0.15) is 21.1 Å². The predicted molar refractivity (Wildman–Crippen MR) is 103 cm³/mol. The summed E-state index contributed by atoms with van der Waals surface area (Å²) in [5, 5.41) is 3.77.